The molecule has 6 nitrogen and oxygen atoms in total. The second-order valence-corrected chi connectivity index (χ2v) is 4.87. The largest absolute Gasteiger partial charge is 0.508 e. The van der Waals surface area contributed by atoms with Crippen LogP contribution in [0.4, 0.5) is 0 Å². The van der Waals surface area contributed by atoms with Gasteiger partial charge in [0.05, 0.1) is 12.2 Å². The monoisotopic (exact) mass is 280 g/mol. The van der Waals surface area contributed by atoms with E-state index >= 15 is 0 Å². The molecular formula is C14H16O6. The summed E-state index contributed by atoms with van der Waals surface area (Å²) in [5, 5.41) is 38.3. The van der Waals surface area contributed by atoms with Gasteiger partial charge in [-0.05, 0) is 30.9 Å². The van der Waals surface area contributed by atoms with Crippen molar-refractivity contribution in [3.63, 3.8) is 0 Å². The van der Waals surface area contributed by atoms with Crippen molar-refractivity contribution in [2.75, 3.05) is 0 Å². The van der Waals surface area contributed by atoms with E-state index in [1.807, 2.05) is 0 Å². The van der Waals surface area contributed by atoms with Crippen molar-refractivity contribution in [1.82, 2.24) is 0 Å². The fraction of sp³-hybridized carbons (Fsp3) is 0.357. The second kappa shape index (κ2) is 5.52. The van der Waals surface area contributed by atoms with Crippen LogP contribution in [0.2, 0.25) is 0 Å². The van der Waals surface area contributed by atoms with E-state index in [0.717, 1.165) is 6.07 Å². The molecule has 20 heavy (non-hydrogen) atoms. The van der Waals surface area contributed by atoms with Gasteiger partial charge in [-0.1, -0.05) is 0 Å². The summed E-state index contributed by atoms with van der Waals surface area (Å²) in [6.45, 7) is 1.55. The lowest BCUT2D eigenvalue weighted by Crippen LogP contribution is -2.18. The molecule has 6 heteroatoms. The number of benzene rings is 1. The van der Waals surface area contributed by atoms with Crippen LogP contribution in [0.25, 0.3) is 10.8 Å². The number of rotatable bonds is 4. The van der Waals surface area contributed by atoms with Crippen LogP contribution < -0.4 is 5.63 Å². The summed E-state index contributed by atoms with van der Waals surface area (Å²) >= 11 is 0. The minimum absolute atomic E-state index is 0.0171. The van der Waals surface area contributed by atoms with E-state index in [0.29, 0.717) is 5.39 Å². The number of hydrogen-bond donors (Lipinski definition) is 4. The zero-order valence-corrected chi connectivity index (χ0v) is 10.9. The third-order valence-corrected chi connectivity index (χ3v) is 2.93. The Hall–Kier alpha value is -2.05. The number of aliphatic hydroxyl groups is 2. The molecule has 1 heterocycles. The second-order valence-electron chi connectivity index (χ2n) is 4.87. The highest BCUT2D eigenvalue weighted by atomic mass is 16.4. The van der Waals surface area contributed by atoms with Crippen LogP contribution in [0.15, 0.2) is 27.4 Å². The van der Waals surface area contributed by atoms with Crippen molar-refractivity contribution in [2.24, 2.45) is 0 Å². The fourth-order valence-electron chi connectivity index (χ4n) is 2.15. The van der Waals surface area contributed by atoms with Gasteiger partial charge in [0.15, 0.2) is 0 Å². The molecule has 0 radical (unpaired) electrons. The Kier molecular flexibility index (Phi) is 3.96. The summed E-state index contributed by atoms with van der Waals surface area (Å²) in [5.74, 6) is -0.304. The molecule has 0 fully saturated rings. The van der Waals surface area contributed by atoms with Gasteiger partial charge >= 0.3 is 5.63 Å². The Morgan fingerprint density at radius 2 is 1.90 bits per heavy atom. The number of hydrogen-bond acceptors (Lipinski definition) is 6. The van der Waals surface area contributed by atoms with E-state index in [2.05, 4.69) is 0 Å². The molecule has 2 rings (SSSR count). The van der Waals surface area contributed by atoms with Gasteiger partial charge in [0, 0.05) is 12.5 Å². The van der Waals surface area contributed by atoms with Crippen molar-refractivity contribution in [3.05, 3.63) is 34.4 Å². The Balaban J connectivity index is 2.40. The molecule has 0 aliphatic carbocycles. The predicted octanol–water partition coefficient (Wildman–Crippen LogP) is 0.878. The van der Waals surface area contributed by atoms with Crippen LogP contribution in [-0.2, 0) is 6.42 Å². The molecule has 1 aromatic heterocycles. The zero-order valence-electron chi connectivity index (χ0n) is 10.9. The lowest BCUT2D eigenvalue weighted by Gasteiger charge is -2.12. The maximum Gasteiger partial charge on any atom is 0.347 e. The minimum atomic E-state index is -0.846. The summed E-state index contributed by atoms with van der Waals surface area (Å²) in [7, 11) is 0. The van der Waals surface area contributed by atoms with E-state index in [1.54, 1.807) is 6.92 Å². The molecule has 0 aliphatic rings. The predicted molar refractivity (Wildman–Crippen MR) is 71.8 cm³/mol. The Morgan fingerprint density at radius 1 is 1.20 bits per heavy atom. The van der Waals surface area contributed by atoms with Crippen LogP contribution in [-0.4, -0.2) is 32.6 Å². The number of aliphatic hydroxyl groups excluding tert-OH is 2. The summed E-state index contributed by atoms with van der Waals surface area (Å²) < 4.78 is 5.02. The van der Waals surface area contributed by atoms with Crippen molar-refractivity contribution < 1.29 is 24.8 Å². The molecule has 0 saturated heterocycles. The SMILES string of the molecule is C[C@H](O)C[C@H](O)Cc1cc2cc(O)cc(O)c2c(=O)o1. The Bertz CT molecular complexity index is 673. The lowest BCUT2D eigenvalue weighted by molar-refractivity contribution is 0.0871. The highest BCUT2D eigenvalue weighted by Crippen LogP contribution is 2.28. The number of fused-ring (bicyclic) bond motifs is 1. The zero-order chi connectivity index (χ0) is 14.9. The average molecular weight is 280 g/mol. The molecule has 1 aromatic carbocycles. The van der Waals surface area contributed by atoms with Gasteiger partial charge in [-0.2, -0.15) is 0 Å². The van der Waals surface area contributed by atoms with Gasteiger partial charge in [0.2, 0.25) is 0 Å². The van der Waals surface area contributed by atoms with Crippen LogP contribution in [0, 0.1) is 0 Å². The summed E-state index contributed by atoms with van der Waals surface area (Å²) in [5.41, 5.74) is -0.737. The molecule has 0 saturated carbocycles. The van der Waals surface area contributed by atoms with Crippen LogP contribution in [0.3, 0.4) is 0 Å². The molecule has 0 unspecified atom stereocenters. The van der Waals surface area contributed by atoms with Gasteiger partial charge < -0.3 is 24.8 Å². The fourth-order valence-corrected chi connectivity index (χ4v) is 2.15. The van der Waals surface area contributed by atoms with Gasteiger partial charge in [-0.25, -0.2) is 4.79 Å². The smallest absolute Gasteiger partial charge is 0.347 e. The summed E-state index contributed by atoms with van der Waals surface area (Å²) in [6, 6.07) is 3.86. The first-order chi connectivity index (χ1) is 9.36. The van der Waals surface area contributed by atoms with E-state index < -0.39 is 17.8 Å². The quantitative estimate of drug-likeness (QED) is 0.661. The molecule has 0 aliphatic heterocycles. The van der Waals surface area contributed by atoms with E-state index in [-0.39, 0.29) is 35.5 Å². The van der Waals surface area contributed by atoms with Gasteiger partial charge in [-0.3, -0.25) is 0 Å². The van der Waals surface area contributed by atoms with Crippen molar-refractivity contribution in [3.8, 4) is 11.5 Å². The first-order valence-corrected chi connectivity index (χ1v) is 6.21. The van der Waals surface area contributed by atoms with Crippen LogP contribution in [0.1, 0.15) is 19.1 Å². The summed E-state index contributed by atoms with van der Waals surface area (Å²) in [4.78, 5) is 11.8. The number of phenols is 2. The molecule has 108 valence electrons. The van der Waals surface area contributed by atoms with Crippen molar-refractivity contribution in [1.29, 1.82) is 0 Å². The maximum atomic E-state index is 11.8. The molecule has 2 atom stereocenters. The van der Waals surface area contributed by atoms with Gasteiger partial charge in [0.25, 0.3) is 0 Å². The standard InChI is InChI=1S/C14H16O6/c1-7(15)2-9(16)5-11-4-8-3-10(17)6-12(18)13(8)14(19)20-11/h3-4,6-7,9,15-18H,2,5H2,1H3/t7-,9-/m0/s1. The molecule has 0 spiro atoms. The highest BCUT2D eigenvalue weighted by molar-refractivity contribution is 5.88. The number of aromatic hydroxyl groups is 2. The number of phenolic OH excluding ortho intramolecular Hbond substituents is 2. The third kappa shape index (κ3) is 3.09. The lowest BCUT2D eigenvalue weighted by atomic mass is 10.1. The molecule has 4 N–H and O–H groups in total. The van der Waals surface area contributed by atoms with Crippen molar-refractivity contribution >= 4 is 10.8 Å². The normalized spacial score (nSPS) is 14.3. The molecule has 2 aromatic rings. The van der Waals surface area contributed by atoms with E-state index in [1.165, 1.54) is 12.1 Å². The van der Waals surface area contributed by atoms with E-state index in [9.17, 15) is 25.2 Å². The third-order valence-electron chi connectivity index (χ3n) is 2.93. The topological polar surface area (TPSA) is 111 Å². The molecule has 0 bridgehead atoms. The van der Waals surface area contributed by atoms with Crippen LogP contribution >= 0.6 is 0 Å². The van der Waals surface area contributed by atoms with Crippen LogP contribution in [0.5, 0.6) is 11.5 Å². The Morgan fingerprint density at radius 3 is 2.55 bits per heavy atom. The van der Waals surface area contributed by atoms with Gasteiger partial charge in [0.1, 0.15) is 22.6 Å². The highest BCUT2D eigenvalue weighted by Gasteiger charge is 2.14. The average Bonchev–Trinajstić information content (AvgIpc) is 2.25. The first kappa shape index (κ1) is 14.4. The molecular weight excluding hydrogens is 264 g/mol. The minimum Gasteiger partial charge on any atom is -0.508 e. The maximum absolute atomic E-state index is 11.8. The van der Waals surface area contributed by atoms with E-state index in [4.69, 9.17) is 4.42 Å². The van der Waals surface area contributed by atoms with Crippen molar-refractivity contribution in [2.45, 2.75) is 32.0 Å². The molecule has 0 amide bonds. The first-order valence-electron chi connectivity index (χ1n) is 6.21. The summed E-state index contributed by atoms with van der Waals surface area (Å²) in [6.07, 6.45) is -1.29. The van der Waals surface area contributed by atoms with Gasteiger partial charge in [-0.15, -0.1) is 0 Å². The Labute approximate surface area is 114 Å².